The maximum Gasteiger partial charge on any atom is 0.271 e. The van der Waals surface area contributed by atoms with Gasteiger partial charge in [0.25, 0.3) is 11.6 Å². The van der Waals surface area contributed by atoms with E-state index in [-0.39, 0.29) is 23.6 Å². The van der Waals surface area contributed by atoms with Gasteiger partial charge in [-0.15, -0.1) is 0 Å². The van der Waals surface area contributed by atoms with Crippen LogP contribution in [0.15, 0.2) is 41.3 Å². The summed E-state index contributed by atoms with van der Waals surface area (Å²) in [6, 6.07) is 8.82. The van der Waals surface area contributed by atoms with Gasteiger partial charge in [-0.3, -0.25) is 14.9 Å². The lowest BCUT2D eigenvalue weighted by molar-refractivity contribution is -0.385. The molecule has 2 aromatic carbocycles. The van der Waals surface area contributed by atoms with Gasteiger partial charge < -0.3 is 10.1 Å². The maximum absolute atomic E-state index is 12.2. The second-order valence-corrected chi connectivity index (χ2v) is 8.19. The van der Waals surface area contributed by atoms with Crippen LogP contribution in [0.2, 0.25) is 0 Å². The molecular formula is C18H20N2O6S. The lowest BCUT2D eigenvalue weighted by Crippen LogP contribution is -2.28. The van der Waals surface area contributed by atoms with Gasteiger partial charge >= 0.3 is 0 Å². The lowest BCUT2D eigenvalue weighted by atomic mass is 10.1. The van der Waals surface area contributed by atoms with Crippen LogP contribution in [0.5, 0.6) is 5.75 Å². The van der Waals surface area contributed by atoms with E-state index in [2.05, 4.69) is 5.32 Å². The molecule has 0 heterocycles. The number of non-ortho nitro benzene ring substituents is 1. The first kappa shape index (κ1) is 20.4. The van der Waals surface area contributed by atoms with Crippen molar-refractivity contribution in [1.82, 2.24) is 5.32 Å². The molecule has 0 aromatic heterocycles. The van der Waals surface area contributed by atoms with Gasteiger partial charge in [0.05, 0.1) is 16.4 Å². The number of nitro benzene ring substituents is 1. The number of hydrogen-bond acceptors (Lipinski definition) is 6. The highest BCUT2D eigenvalue weighted by Gasteiger charge is 2.19. The van der Waals surface area contributed by atoms with E-state index in [0.717, 1.165) is 35.6 Å². The van der Waals surface area contributed by atoms with Crippen molar-refractivity contribution in [3.05, 3.63) is 63.2 Å². The van der Waals surface area contributed by atoms with E-state index in [1.54, 1.807) is 0 Å². The summed E-state index contributed by atoms with van der Waals surface area (Å²) in [5.74, 6) is 0.0593. The number of carbonyl (C=O) groups excluding carboxylic acids is 1. The Bertz CT molecular complexity index is 965. The van der Waals surface area contributed by atoms with Crippen LogP contribution in [0.3, 0.4) is 0 Å². The number of rotatable bonds is 7. The molecule has 2 aromatic rings. The number of sulfone groups is 1. The molecule has 0 fully saturated rings. The summed E-state index contributed by atoms with van der Waals surface area (Å²) in [4.78, 5) is 22.2. The second-order valence-electron chi connectivity index (χ2n) is 6.17. The molecule has 0 saturated heterocycles. The zero-order valence-electron chi connectivity index (χ0n) is 15.2. The van der Waals surface area contributed by atoms with Gasteiger partial charge in [-0.25, -0.2) is 8.42 Å². The van der Waals surface area contributed by atoms with Gasteiger partial charge in [0.2, 0.25) is 0 Å². The number of aryl methyl sites for hydroxylation is 2. The van der Waals surface area contributed by atoms with Crippen molar-refractivity contribution in [2.24, 2.45) is 0 Å². The number of nitro groups is 1. The minimum absolute atomic E-state index is 0.101. The molecular weight excluding hydrogens is 372 g/mol. The molecule has 0 aliphatic heterocycles. The number of nitrogens with one attached hydrogen (secondary N) is 1. The third-order valence-electron chi connectivity index (χ3n) is 3.64. The van der Waals surface area contributed by atoms with Crippen molar-refractivity contribution in [1.29, 1.82) is 0 Å². The van der Waals surface area contributed by atoms with Crippen LogP contribution in [-0.4, -0.2) is 38.7 Å². The number of hydrogen-bond donors (Lipinski definition) is 1. The standard InChI is InChI=1S/C18H20N2O6S/c1-12-6-13(2)8-16(7-12)26-5-4-19-18(21)14-9-15(20(22)23)11-17(10-14)27(3,24)25/h6-11H,4-5H2,1-3H3,(H,19,21). The number of nitrogens with zero attached hydrogens (tertiary/aromatic N) is 1. The molecule has 0 radical (unpaired) electrons. The molecule has 0 aliphatic rings. The Morgan fingerprint density at radius 1 is 1.11 bits per heavy atom. The van der Waals surface area contributed by atoms with E-state index in [9.17, 15) is 23.3 Å². The van der Waals surface area contributed by atoms with E-state index >= 15 is 0 Å². The van der Waals surface area contributed by atoms with Gasteiger partial charge in [0.15, 0.2) is 9.84 Å². The summed E-state index contributed by atoms with van der Waals surface area (Å²) in [5, 5.41) is 13.5. The fourth-order valence-electron chi connectivity index (χ4n) is 2.49. The average Bonchev–Trinajstić information content (AvgIpc) is 2.56. The SMILES string of the molecule is Cc1cc(C)cc(OCCNC(=O)c2cc([N+](=O)[O-])cc(S(C)(=O)=O)c2)c1. The van der Waals surface area contributed by atoms with E-state index in [1.807, 2.05) is 32.0 Å². The van der Waals surface area contributed by atoms with Gasteiger partial charge in [0.1, 0.15) is 12.4 Å². The average molecular weight is 392 g/mol. The Labute approximate surface area is 157 Å². The zero-order valence-corrected chi connectivity index (χ0v) is 16.0. The summed E-state index contributed by atoms with van der Waals surface area (Å²) in [6.07, 6.45) is 0.922. The van der Waals surface area contributed by atoms with E-state index < -0.39 is 26.4 Å². The summed E-state index contributed by atoms with van der Waals surface area (Å²) in [7, 11) is -3.69. The topological polar surface area (TPSA) is 116 Å². The van der Waals surface area contributed by atoms with Crippen LogP contribution in [0.25, 0.3) is 0 Å². The van der Waals surface area contributed by atoms with Crippen LogP contribution in [0.4, 0.5) is 5.69 Å². The van der Waals surface area contributed by atoms with Crippen LogP contribution in [0, 0.1) is 24.0 Å². The van der Waals surface area contributed by atoms with Gasteiger partial charge in [-0.05, 0) is 43.2 Å². The summed E-state index contributed by atoms with van der Waals surface area (Å²) >= 11 is 0. The Kier molecular flexibility index (Phi) is 6.17. The van der Waals surface area contributed by atoms with E-state index in [0.29, 0.717) is 5.75 Å². The highest BCUT2D eigenvalue weighted by Crippen LogP contribution is 2.21. The molecule has 0 spiro atoms. The minimum atomic E-state index is -3.69. The summed E-state index contributed by atoms with van der Waals surface area (Å²) in [5.41, 5.74) is 1.54. The van der Waals surface area contributed by atoms with Crippen LogP contribution < -0.4 is 10.1 Å². The third-order valence-corrected chi connectivity index (χ3v) is 4.74. The van der Waals surface area contributed by atoms with Crippen LogP contribution >= 0.6 is 0 Å². The molecule has 1 N–H and O–H groups in total. The first-order valence-electron chi connectivity index (χ1n) is 8.05. The Balaban J connectivity index is 2.05. The van der Waals surface area contributed by atoms with Crippen LogP contribution in [0.1, 0.15) is 21.5 Å². The van der Waals surface area contributed by atoms with Crippen molar-refractivity contribution in [2.75, 3.05) is 19.4 Å². The predicted molar refractivity (Wildman–Crippen MR) is 100.0 cm³/mol. The predicted octanol–water partition coefficient (Wildman–Crippen LogP) is 2.42. The number of benzene rings is 2. The Morgan fingerprint density at radius 2 is 1.74 bits per heavy atom. The molecule has 8 nitrogen and oxygen atoms in total. The van der Waals surface area contributed by atoms with Crippen molar-refractivity contribution in [2.45, 2.75) is 18.7 Å². The normalized spacial score (nSPS) is 11.1. The first-order valence-corrected chi connectivity index (χ1v) is 9.94. The number of carbonyl (C=O) groups is 1. The summed E-state index contributed by atoms with van der Waals surface area (Å²) < 4.78 is 28.9. The maximum atomic E-state index is 12.2. The molecule has 1 amide bonds. The number of ether oxygens (including phenoxy) is 1. The van der Waals surface area contributed by atoms with Gasteiger partial charge in [0, 0.05) is 24.0 Å². The largest absolute Gasteiger partial charge is 0.492 e. The fraction of sp³-hybridized carbons (Fsp3) is 0.278. The highest BCUT2D eigenvalue weighted by molar-refractivity contribution is 7.90. The zero-order chi connectivity index (χ0) is 20.2. The molecule has 0 saturated carbocycles. The quantitative estimate of drug-likeness (QED) is 0.439. The lowest BCUT2D eigenvalue weighted by Gasteiger charge is -2.10. The molecule has 2 rings (SSSR count). The van der Waals surface area contributed by atoms with Crippen molar-refractivity contribution >= 4 is 21.4 Å². The third kappa shape index (κ3) is 5.78. The molecule has 0 aliphatic carbocycles. The van der Waals surface area contributed by atoms with Gasteiger partial charge in [-0.1, -0.05) is 6.07 Å². The van der Waals surface area contributed by atoms with E-state index in [4.69, 9.17) is 4.74 Å². The van der Waals surface area contributed by atoms with Crippen LogP contribution in [-0.2, 0) is 9.84 Å². The Hall–Kier alpha value is -2.94. The van der Waals surface area contributed by atoms with Gasteiger partial charge in [-0.2, -0.15) is 0 Å². The monoisotopic (exact) mass is 392 g/mol. The van der Waals surface area contributed by atoms with E-state index in [1.165, 1.54) is 0 Å². The Morgan fingerprint density at radius 3 is 2.30 bits per heavy atom. The first-order chi connectivity index (χ1) is 12.6. The number of amides is 1. The van der Waals surface area contributed by atoms with Crippen molar-refractivity contribution < 1.29 is 22.9 Å². The molecule has 0 unspecified atom stereocenters. The molecule has 0 bridgehead atoms. The second kappa shape index (κ2) is 8.17. The fourth-order valence-corrected chi connectivity index (χ4v) is 3.16. The molecule has 0 atom stereocenters. The summed E-state index contributed by atoms with van der Waals surface area (Å²) in [6.45, 7) is 4.25. The molecule has 9 heteroatoms. The molecule has 27 heavy (non-hydrogen) atoms. The smallest absolute Gasteiger partial charge is 0.271 e. The molecule has 144 valence electrons. The van der Waals surface area contributed by atoms with Crippen molar-refractivity contribution in [3.8, 4) is 5.75 Å². The van der Waals surface area contributed by atoms with Crippen molar-refractivity contribution in [3.63, 3.8) is 0 Å². The highest BCUT2D eigenvalue weighted by atomic mass is 32.2. The minimum Gasteiger partial charge on any atom is -0.492 e.